The van der Waals surface area contributed by atoms with E-state index in [9.17, 15) is 0 Å². The van der Waals surface area contributed by atoms with Crippen molar-refractivity contribution in [3.63, 3.8) is 0 Å². The Hall–Kier alpha value is -2.93. The molecule has 1 aromatic heterocycles. The molecule has 0 aliphatic heterocycles. The predicted molar refractivity (Wildman–Crippen MR) is 91.6 cm³/mol. The van der Waals surface area contributed by atoms with Crippen molar-refractivity contribution in [2.24, 2.45) is 0 Å². The lowest BCUT2D eigenvalue weighted by molar-refractivity contribution is 1.33. The third-order valence-corrected chi connectivity index (χ3v) is 4.46. The number of pyridine rings is 1. The van der Waals surface area contributed by atoms with E-state index in [4.69, 9.17) is 4.98 Å². The second kappa shape index (κ2) is 4.28. The summed E-state index contributed by atoms with van der Waals surface area (Å²) in [6, 6.07) is 25.6. The lowest BCUT2D eigenvalue weighted by Crippen LogP contribution is -1.85. The molecule has 102 valence electrons. The average molecular weight is 279 g/mol. The molecule has 1 heteroatoms. The van der Waals surface area contributed by atoms with Crippen molar-refractivity contribution in [1.29, 1.82) is 0 Å². The molecule has 0 spiro atoms. The van der Waals surface area contributed by atoms with Crippen molar-refractivity contribution in [2.45, 2.75) is 0 Å². The molecule has 22 heavy (non-hydrogen) atoms. The maximum Gasteiger partial charge on any atom is 0.0708 e. The molecular formula is C21H13N. The predicted octanol–water partition coefficient (Wildman–Crippen LogP) is 5.55. The van der Waals surface area contributed by atoms with Gasteiger partial charge in [-0.2, -0.15) is 0 Å². The van der Waals surface area contributed by atoms with Crippen molar-refractivity contribution in [3.05, 3.63) is 79.0 Å². The summed E-state index contributed by atoms with van der Waals surface area (Å²) in [5.41, 5.74) is 7.35. The second-order valence-corrected chi connectivity index (χ2v) is 5.69. The summed E-state index contributed by atoms with van der Waals surface area (Å²) in [6.07, 6.45) is 2.02. The quantitative estimate of drug-likeness (QED) is 0.392. The van der Waals surface area contributed by atoms with Crippen LogP contribution in [0.25, 0.3) is 44.3 Å². The fourth-order valence-corrected chi connectivity index (χ4v) is 3.45. The van der Waals surface area contributed by atoms with Crippen LogP contribution in [-0.4, -0.2) is 4.98 Å². The van der Waals surface area contributed by atoms with Gasteiger partial charge in [0.15, 0.2) is 0 Å². The van der Waals surface area contributed by atoms with E-state index in [-0.39, 0.29) is 0 Å². The molecule has 0 fully saturated rings. The molecule has 0 N–H and O–H groups in total. The Morgan fingerprint density at radius 3 is 2.09 bits per heavy atom. The van der Waals surface area contributed by atoms with Crippen molar-refractivity contribution < 1.29 is 0 Å². The molecule has 3 aromatic carbocycles. The monoisotopic (exact) mass is 279 g/mol. The summed E-state index contributed by atoms with van der Waals surface area (Å²) in [5.74, 6) is 0. The Balaban J connectivity index is 1.82. The van der Waals surface area contributed by atoms with E-state index in [2.05, 4.69) is 66.7 Å². The molecule has 0 radical (unpaired) electrons. The maximum absolute atomic E-state index is 4.69. The van der Waals surface area contributed by atoms with Gasteiger partial charge in [0, 0.05) is 17.3 Å². The van der Waals surface area contributed by atoms with E-state index in [1.54, 1.807) is 0 Å². The zero-order valence-corrected chi connectivity index (χ0v) is 12.0. The van der Waals surface area contributed by atoms with Gasteiger partial charge in [0.1, 0.15) is 0 Å². The molecule has 0 amide bonds. The summed E-state index contributed by atoms with van der Waals surface area (Å²) in [6.45, 7) is 0. The van der Waals surface area contributed by atoms with Gasteiger partial charge < -0.3 is 0 Å². The third-order valence-electron chi connectivity index (χ3n) is 4.46. The topological polar surface area (TPSA) is 12.9 Å². The van der Waals surface area contributed by atoms with Crippen LogP contribution in [0.5, 0.6) is 0 Å². The Bertz CT molecular complexity index is 1010. The van der Waals surface area contributed by atoms with Crippen molar-refractivity contribution in [3.8, 4) is 33.5 Å². The van der Waals surface area contributed by atoms with Crippen LogP contribution in [0.1, 0.15) is 0 Å². The summed E-state index contributed by atoms with van der Waals surface area (Å²) < 4.78 is 0. The maximum atomic E-state index is 4.69. The lowest BCUT2D eigenvalue weighted by atomic mass is 10.0. The van der Waals surface area contributed by atoms with Crippen molar-refractivity contribution in [2.75, 3.05) is 0 Å². The molecular weight excluding hydrogens is 266 g/mol. The molecule has 1 aliphatic rings. The molecule has 0 saturated carbocycles. The van der Waals surface area contributed by atoms with Gasteiger partial charge in [-0.3, -0.25) is 4.98 Å². The lowest BCUT2D eigenvalue weighted by Gasteiger charge is -2.05. The van der Waals surface area contributed by atoms with Gasteiger partial charge in [-0.05, 0) is 33.5 Å². The van der Waals surface area contributed by atoms with Crippen molar-refractivity contribution in [1.82, 2.24) is 4.98 Å². The normalized spacial score (nSPS) is 11.6. The van der Waals surface area contributed by atoms with Crippen LogP contribution in [0, 0.1) is 0 Å². The molecule has 0 unspecified atom stereocenters. The highest BCUT2D eigenvalue weighted by Gasteiger charge is 2.21. The Kier molecular flexibility index (Phi) is 2.28. The molecule has 4 aromatic rings. The van der Waals surface area contributed by atoms with E-state index in [0.717, 1.165) is 11.3 Å². The SMILES string of the molecule is c1ccc(-c2cc3c(cn2)-c2cccc4cccc-3c24)cc1. The van der Waals surface area contributed by atoms with Crippen LogP contribution in [-0.2, 0) is 0 Å². The van der Waals surface area contributed by atoms with Gasteiger partial charge in [-0.25, -0.2) is 0 Å². The zero-order chi connectivity index (χ0) is 14.5. The minimum atomic E-state index is 1.03. The van der Waals surface area contributed by atoms with E-state index < -0.39 is 0 Å². The van der Waals surface area contributed by atoms with Gasteiger partial charge in [-0.15, -0.1) is 0 Å². The molecule has 0 atom stereocenters. The minimum Gasteiger partial charge on any atom is -0.256 e. The zero-order valence-electron chi connectivity index (χ0n) is 12.0. The Morgan fingerprint density at radius 2 is 1.32 bits per heavy atom. The number of benzene rings is 3. The van der Waals surface area contributed by atoms with Crippen LogP contribution < -0.4 is 0 Å². The van der Waals surface area contributed by atoms with Crippen LogP contribution in [0.15, 0.2) is 79.0 Å². The first-order valence-electron chi connectivity index (χ1n) is 7.50. The Labute approximate surface area is 128 Å². The van der Waals surface area contributed by atoms with Crippen LogP contribution >= 0.6 is 0 Å². The number of aromatic nitrogens is 1. The smallest absolute Gasteiger partial charge is 0.0708 e. The molecule has 1 nitrogen and oxygen atoms in total. The van der Waals surface area contributed by atoms with Gasteiger partial charge in [0.2, 0.25) is 0 Å². The second-order valence-electron chi connectivity index (χ2n) is 5.69. The number of hydrogen-bond donors (Lipinski definition) is 0. The highest BCUT2D eigenvalue weighted by Crippen LogP contribution is 2.47. The van der Waals surface area contributed by atoms with Gasteiger partial charge >= 0.3 is 0 Å². The average Bonchev–Trinajstić information content (AvgIpc) is 2.92. The highest BCUT2D eigenvalue weighted by molar-refractivity contribution is 6.15. The van der Waals surface area contributed by atoms with E-state index in [1.807, 2.05) is 12.3 Å². The fourth-order valence-electron chi connectivity index (χ4n) is 3.45. The summed E-state index contributed by atoms with van der Waals surface area (Å²) in [4.78, 5) is 4.69. The number of fused-ring (bicyclic) bond motifs is 3. The first kappa shape index (κ1) is 11.7. The number of rotatable bonds is 1. The van der Waals surface area contributed by atoms with Crippen LogP contribution in [0.4, 0.5) is 0 Å². The Morgan fingerprint density at radius 1 is 0.591 bits per heavy atom. The minimum absolute atomic E-state index is 1.03. The molecule has 5 rings (SSSR count). The highest BCUT2D eigenvalue weighted by atomic mass is 14.7. The van der Waals surface area contributed by atoms with Crippen molar-refractivity contribution >= 4 is 10.8 Å². The van der Waals surface area contributed by atoms with Gasteiger partial charge in [-0.1, -0.05) is 66.7 Å². The first-order chi connectivity index (χ1) is 10.9. The fraction of sp³-hybridized carbons (Fsp3) is 0. The molecule has 1 heterocycles. The molecule has 1 aliphatic carbocycles. The molecule has 0 saturated heterocycles. The summed E-state index contributed by atoms with van der Waals surface area (Å²) >= 11 is 0. The molecule has 0 bridgehead atoms. The third kappa shape index (κ3) is 1.51. The standard InChI is InChI=1S/C21H13N/c1-2-6-14(7-3-1)20-12-18-16-10-4-8-15-9-5-11-17(21(15)16)19(18)13-22-20/h1-13H. The largest absolute Gasteiger partial charge is 0.256 e. The summed E-state index contributed by atoms with van der Waals surface area (Å²) in [7, 11) is 0. The van der Waals surface area contributed by atoms with Crippen LogP contribution in [0.2, 0.25) is 0 Å². The first-order valence-corrected chi connectivity index (χ1v) is 7.50. The van der Waals surface area contributed by atoms with Crippen LogP contribution in [0.3, 0.4) is 0 Å². The number of nitrogens with zero attached hydrogens (tertiary/aromatic N) is 1. The van der Waals surface area contributed by atoms with E-state index in [0.29, 0.717) is 0 Å². The van der Waals surface area contributed by atoms with E-state index >= 15 is 0 Å². The van der Waals surface area contributed by atoms with E-state index in [1.165, 1.54) is 33.0 Å². The number of hydrogen-bond acceptors (Lipinski definition) is 1. The summed E-state index contributed by atoms with van der Waals surface area (Å²) in [5, 5.41) is 2.65. The van der Waals surface area contributed by atoms with Gasteiger partial charge in [0.05, 0.1) is 5.69 Å². The van der Waals surface area contributed by atoms with Gasteiger partial charge in [0.25, 0.3) is 0 Å².